The second kappa shape index (κ2) is 5.92. The number of nitrogens with one attached hydrogen (secondary N) is 1. The highest BCUT2D eigenvalue weighted by atomic mass is 16.7. The van der Waals surface area contributed by atoms with Crippen LogP contribution in [0, 0.1) is 0 Å². The van der Waals surface area contributed by atoms with Crippen LogP contribution in [0.1, 0.15) is 32.1 Å². The first kappa shape index (κ1) is 15.2. The Morgan fingerprint density at radius 1 is 1.46 bits per heavy atom. The predicted molar refractivity (Wildman–Crippen MR) is 87.1 cm³/mol. The van der Waals surface area contributed by atoms with E-state index < -0.39 is 5.60 Å². The van der Waals surface area contributed by atoms with Gasteiger partial charge in [0.05, 0.1) is 13.7 Å². The molecule has 0 radical (unpaired) electrons. The minimum Gasteiger partial charge on any atom is -0.481 e. The molecule has 3 heterocycles. The first-order chi connectivity index (χ1) is 11.7. The number of carbonyl (C=O) groups is 1. The zero-order valence-corrected chi connectivity index (χ0v) is 13.7. The van der Waals surface area contributed by atoms with Gasteiger partial charge in [0.2, 0.25) is 5.88 Å². The Balaban J connectivity index is 1.38. The third kappa shape index (κ3) is 2.76. The zero-order valence-electron chi connectivity index (χ0n) is 13.7. The fraction of sp³-hybridized carbons (Fsp3) is 0.625. The molecule has 1 unspecified atom stereocenters. The summed E-state index contributed by atoms with van der Waals surface area (Å²) in [5.74, 6) is 1.25. The van der Waals surface area contributed by atoms with Crippen LogP contribution < -0.4 is 15.0 Å². The first-order valence-electron chi connectivity index (χ1n) is 8.34. The van der Waals surface area contributed by atoms with Gasteiger partial charge in [-0.05, 0) is 19.3 Å². The van der Waals surface area contributed by atoms with Crippen molar-refractivity contribution in [3.8, 4) is 5.88 Å². The highest BCUT2D eigenvalue weighted by molar-refractivity contribution is 6.39. The van der Waals surface area contributed by atoms with Gasteiger partial charge in [-0.3, -0.25) is 4.79 Å². The van der Waals surface area contributed by atoms with Crippen LogP contribution in [0.3, 0.4) is 0 Å². The van der Waals surface area contributed by atoms with Crippen molar-refractivity contribution >= 4 is 17.4 Å². The number of carbonyl (C=O) groups excluding carboxylic acids is 1. The van der Waals surface area contributed by atoms with E-state index in [-0.39, 0.29) is 5.91 Å². The molecule has 24 heavy (non-hydrogen) atoms. The SMILES string of the molecule is COc1cc(N2CCC3(CC(C(=O)NC4CCC4)=NO3)C2)ncn1. The quantitative estimate of drug-likeness (QED) is 0.881. The molecule has 3 aliphatic rings. The Hall–Kier alpha value is -2.38. The largest absolute Gasteiger partial charge is 0.481 e. The Bertz CT molecular complexity index is 675. The van der Waals surface area contributed by atoms with Crippen LogP contribution in [0.25, 0.3) is 0 Å². The Kier molecular flexibility index (Phi) is 3.74. The number of aromatic nitrogens is 2. The van der Waals surface area contributed by atoms with Gasteiger partial charge in [-0.25, -0.2) is 9.97 Å². The molecule has 1 saturated heterocycles. The average molecular weight is 331 g/mol. The maximum absolute atomic E-state index is 12.3. The maximum Gasteiger partial charge on any atom is 0.269 e. The summed E-state index contributed by atoms with van der Waals surface area (Å²) < 4.78 is 5.15. The van der Waals surface area contributed by atoms with Crippen LogP contribution in [-0.4, -0.2) is 53.4 Å². The molecule has 1 aromatic rings. The van der Waals surface area contributed by atoms with Crippen molar-refractivity contribution < 1.29 is 14.4 Å². The van der Waals surface area contributed by atoms with Gasteiger partial charge in [-0.2, -0.15) is 0 Å². The minimum absolute atomic E-state index is 0.0845. The molecule has 8 nitrogen and oxygen atoms in total. The first-order valence-corrected chi connectivity index (χ1v) is 8.34. The van der Waals surface area contributed by atoms with E-state index in [0.717, 1.165) is 31.6 Å². The van der Waals surface area contributed by atoms with Crippen LogP contribution in [-0.2, 0) is 9.63 Å². The minimum atomic E-state index is -0.426. The van der Waals surface area contributed by atoms with Crippen LogP contribution in [0.2, 0.25) is 0 Å². The average Bonchev–Trinajstić information content (AvgIpc) is 3.18. The summed E-state index contributed by atoms with van der Waals surface area (Å²) >= 11 is 0. The molecule has 1 N–H and O–H groups in total. The van der Waals surface area contributed by atoms with Gasteiger partial charge < -0.3 is 19.8 Å². The molecule has 2 aliphatic heterocycles. The lowest BCUT2D eigenvalue weighted by atomic mass is 9.92. The number of anilines is 1. The lowest BCUT2D eigenvalue weighted by Crippen LogP contribution is -2.44. The third-order valence-corrected chi connectivity index (χ3v) is 5.02. The van der Waals surface area contributed by atoms with Crippen LogP contribution >= 0.6 is 0 Å². The van der Waals surface area contributed by atoms with Crippen molar-refractivity contribution in [2.75, 3.05) is 25.1 Å². The van der Waals surface area contributed by atoms with Gasteiger partial charge >= 0.3 is 0 Å². The number of methoxy groups -OCH3 is 1. The molecular formula is C16H21N5O3. The fourth-order valence-electron chi connectivity index (χ4n) is 3.34. The number of amides is 1. The number of hydrogen-bond acceptors (Lipinski definition) is 7. The van der Waals surface area contributed by atoms with E-state index in [1.807, 2.05) is 0 Å². The number of ether oxygens (including phenoxy) is 1. The van der Waals surface area contributed by atoms with E-state index in [1.54, 1.807) is 13.2 Å². The second-order valence-corrected chi connectivity index (χ2v) is 6.68. The van der Waals surface area contributed by atoms with Crippen molar-refractivity contribution in [3.63, 3.8) is 0 Å². The Morgan fingerprint density at radius 2 is 2.33 bits per heavy atom. The van der Waals surface area contributed by atoms with Crippen LogP contribution in [0.5, 0.6) is 5.88 Å². The standard InChI is InChI=1S/C16H21N5O3/c1-23-14-7-13(17-10-18-14)21-6-5-16(9-21)8-12(20-24-16)15(22)19-11-3-2-4-11/h7,10-11H,2-6,8-9H2,1H3,(H,19,22). The molecule has 1 amide bonds. The molecule has 1 aromatic heterocycles. The van der Waals surface area contributed by atoms with Gasteiger partial charge in [-0.1, -0.05) is 5.16 Å². The molecule has 1 spiro atoms. The highest BCUT2D eigenvalue weighted by Crippen LogP contribution is 2.36. The van der Waals surface area contributed by atoms with E-state index >= 15 is 0 Å². The molecule has 4 rings (SSSR count). The molecule has 0 bridgehead atoms. The van der Waals surface area contributed by atoms with Crippen molar-refractivity contribution in [2.24, 2.45) is 5.16 Å². The molecule has 1 saturated carbocycles. The van der Waals surface area contributed by atoms with E-state index in [4.69, 9.17) is 9.57 Å². The van der Waals surface area contributed by atoms with E-state index in [2.05, 4.69) is 25.3 Å². The Labute approximate surface area is 140 Å². The number of hydrogen-bond donors (Lipinski definition) is 1. The third-order valence-electron chi connectivity index (χ3n) is 5.02. The topological polar surface area (TPSA) is 88.9 Å². The number of nitrogens with zero attached hydrogens (tertiary/aromatic N) is 4. The normalized spacial score (nSPS) is 26.0. The van der Waals surface area contributed by atoms with Crippen molar-refractivity contribution in [3.05, 3.63) is 12.4 Å². The van der Waals surface area contributed by atoms with Gasteiger partial charge in [0.1, 0.15) is 17.9 Å². The molecule has 2 fully saturated rings. The zero-order chi connectivity index (χ0) is 16.6. The van der Waals surface area contributed by atoms with Crippen molar-refractivity contribution in [2.45, 2.75) is 43.7 Å². The number of rotatable bonds is 4. The van der Waals surface area contributed by atoms with Crippen molar-refractivity contribution in [1.29, 1.82) is 0 Å². The van der Waals surface area contributed by atoms with E-state index in [1.165, 1.54) is 12.7 Å². The van der Waals surface area contributed by atoms with Crippen LogP contribution in [0.15, 0.2) is 17.5 Å². The smallest absolute Gasteiger partial charge is 0.269 e. The summed E-state index contributed by atoms with van der Waals surface area (Å²) in [7, 11) is 1.58. The summed E-state index contributed by atoms with van der Waals surface area (Å²) in [4.78, 5) is 28.4. The summed E-state index contributed by atoms with van der Waals surface area (Å²) in [5, 5.41) is 7.09. The molecule has 0 aromatic carbocycles. The van der Waals surface area contributed by atoms with Gasteiger partial charge in [0.15, 0.2) is 5.60 Å². The summed E-state index contributed by atoms with van der Waals surface area (Å²) in [5.41, 5.74) is 0.0776. The second-order valence-electron chi connectivity index (χ2n) is 6.68. The lowest BCUT2D eigenvalue weighted by Gasteiger charge is -2.26. The molecule has 1 aliphatic carbocycles. The molecule has 8 heteroatoms. The lowest BCUT2D eigenvalue weighted by molar-refractivity contribution is -0.116. The van der Waals surface area contributed by atoms with E-state index in [9.17, 15) is 4.79 Å². The maximum atomic E-state index is 12.3. The summed E-state index contributed by atoms with van der Waals surface area (Å²) in [6.45, 7) is 1.45. The van der Waals surface area contributed by atoms with Gasteiger partial charge in [0.25, 0.3) is 5.91 Å². The van der Waals surface area contributed by atoms with Crippen molar-refractivity contribution in [1.82, 2.24) is 15.3 Å². The monoisotopic (exact) mass is 331 g/mol. The molecule has 128 valence electrons. The number of oxime groups is 1. The molecular weight excluding hydrogens is 310 g/mol. The Morgan fingerprint density at radius 3 is 3.08 bits per heavy atom. The van der Waals surface area contributed by atoms with Gasteiger partial charge in [-0.15, -0.1) is 0 Å². The van der Waals surface area contributed by atoms with Gasteiger partial charge in [0, 0.05) is 31.5 Å². The highest BCUT2D eigenvalue weighted by Gasteiger charge is 2.47. The van der Waals surface area contributed by atoms with Crippen LogP contribution in [0.4, 0.5) is 5.82 Å². The molecule has 1 atom stereocenters. The van der Waals surface area contributed by atoms with E-state index in [0.29, 0.717) is 30.6 Å². The fourth-order valence-corrected chi connectivity index (χ4v) is 3.34. The summed E-state index contributed by atoms with van der Waals surface area (Å²) in [6.07, 6.45) is 6.16. The summed E-state index contributed by atoms with van der Waals surface area (Å²) in [6, 6.07) is 2.12. The predicted octanol–water partition coefficient (Wildman–Crippen LogP) is 0.879.